The Labute approximate surface area is 118 Å². The van der Waals surface area contributed by atoms with Crippen molar-refractivity contribution in [3.05, 3.63) is 0 Å². The van der Waals surface area contributed by atoms with Crippen LogP contribution >= 0.6 is 0 Å². The summed E-state index contributed by atoms with van der Waals surface area (Å²) in [6.45, 7) is 9.09. The third-order valence-electron chi connectivity index (χ3n) is 5.28. The predicted octanol–water partition coefficient (Wildman–Crippen LogP) is 2.41. The maximum absolute atomic E-state index is 5.77. The zero-order valence-corrected chi connectivity index (χ0v) is 12.7. The zero-order valence-electron chi connectivity index (χ0n) is 12.7. The Morgan fingerprint density at radius 3 is 2.63 bits per heavy atom. The number of hydrogen-bond acceptors (Lipinski definition) is 3. The quantitative estimate of drug-likeness (QED) is 0.827. The van der Waals surface area contributed by atoms with Gasteiger partial charge in [0.1, 0.15) is 0 Å². The topological polar surface area (TPSA) is 24.5 Å². The molecule has 3 rings (SSSR count). The Balaban J connectivity index is 1.59. The van der Waals surface area contributed by atoms with Gasteiger partial charge in [-0.05, 0) is 44.9 Å². The van der Waals surface area contributed by atoms with Gasteiger partial charge in [-0.2, -0.15) is 0 Å². The molecule has 3 heteroatoms. The van der Waals surface area contributed by atoms with Crippen LogP contribution in [0.3, 0.4) is 0 Å². The predicted molar refractivity (Wildman–Crippen MR) is 78.4 cm³/mol. The minimum atomic E-state index is 0.408. The molecule has 2 unspecified atom stereocenters. The molecule has 1 heterocycles. The van der Waals surface area contributed by atoms with Crippen LogP contribution in [-0.4, -0.2) is 49.3 Å². The first kappa shape index (κ1) is 13.8. The molecule has 1 N–H and O–H groups in total. The van der Waals surface area contributed by atoms with Gasteiger partial charge in [-0.1, -0.05) is 12.8 Å². The lowest BCUT2D eigenvalue weighted by Crippen LogP contribution is -2.52. The van der Waals surface area contributed by atoms with Crippen molar-refractivity contribution in [1.82, 2.24) is 10.2 Å². The summed E-state index contributed by atoms with van der Waals surface area (Å²) in [4.78, 5) is 2.69. The van der Waals surface area contributed by atoms with Gasteiger partial charge in [0, 0.05) is 31.7 Å². The average molecular weight is 266 g/mol. The number of rotatable bonds is 5. The molecular formula is C16H30N2O. The van der Waals surface area contributed by atoms with Crippen LogP contribution in [0, 0.1) is 5.41 Å². The summed E-state index contributed by atoms with van der Waals surface area (Å²) >= 11 is 0. The molecule has 3 fully saturated rings. The van der Waals surface area contributed by atoms with E-state index in [4.69, 9.17) is 4.74 Å². The SMILES string of the molecule is CC1CN(CC2(CNC3CC3)CCCC2)C(C)CO1. The summed E-state index contributed by atoms with van der Waals surface area (Å²) in [5.74, 6) is 0. The number of nitrogens with one attached hydrogen (secondary N) is 1. The van der Waals surface area contributed by atoms with E-state index in [1.54, 1.807) is 0 Å². The first-order valence-electron chi connectivity index (χ1n) is 8.26. The highest BCUT2D eigenvalue weighted by molar-refractivity contribution is 4.94. The molecule has 0 aromatic rings. The Kier molecular flexibility index (Phi) is 4.16. The van der Waals surface area contributed by atoms with Crippen molar-refractivity contribution >= 4 is 0 Å². The monoisotopic (exact) mass is 266 g/mol. The molecule has 0 radical (unpaired) electrons. The average Bonchev–Trinajstić information content (AvgIpc) is 3.12. The Hall–Kier alpha value is -0.120. The first-order valence-corrected chi connectivity index (χ1v) is 8.26. The molecule has 110 valence electrons. The second-order valence-corrected chi connectivity index (χ2v) is 7.28. The van der Waals surface area contributed by atoms with Crippen molar-refractivity contribution in [3.8, 4) is 0 Å². The standard InChI is InChI=1S/C16H30N2O/c1-13-10-19-14(2)9-18(13)12-16(7-3-4-8-16)11-17-15-5-6-15/h13-15,17H,3-12H2,1-2H3. The molecule has 0 bridgehead atoms. The van der Waals surface area contributed by atoms with Gasteiger partial charge >= 0.3 is 0 Å². The van der Waals surface area contributed by atoms with E-state index in [1.807, 2.05) is 0 Å². The maximum atomic E-state index is 5.77. The van der Waals surface area contributed by atoms with Crippen LogP contribution in [0.25, 0.3) is 0 Å². The van der Waals surface area contributed by atoms with Gasteiger partial charge in [-0.25, -0.2) is 0 Å². The normalized spacial score (nSPS) is 35.7. The second-order valence-electron chi connectivity index (χ2n) is 7.28. The summed E-state index contributed by atoms with van der Waals surface area (Å²) < 4.78 is 5.77. The molecule has 2 saturated carbocycles. The molecule has 0 amide bonds. The van der Waals surface area contributed by atoms with Crippen LogP contribution in [0.4, 0.5) is 0 Å². The number of nitrogens with zero attached hydrogens (tertiary/aromatic N) is 1. The van der Waals surface area contributed by atoms with Crippen LogP contribution in [0.15, 0.2) is 0 Å². The summed E-state index contributed by atoms with van der Waals surface area (Å²) in [5, 5.41) is 3.80. The summed E-state index contributed by atoms with van der Waals surface area (Å²) in [6, 6.07) is 1.44. The molecule has 3 nitrogen and oxygen atoms in total. The van der Waals surface area contributed by atoms with Crippen molar-refractivity contribution in [2.45, 2.75) is 70.6 Å². The Morgan fingerprint density at radius 2 is 1.95 bits per heavy atom. The molecule has 3 aliphatic rings. The fourth-order valence-electron chi connectivity index (χ4n) is 3.79. The van der Waals surface area contributed by atoms with E-state index in [0.717, 1.165) is 19.2 Å². The molecule has 2 atom stereocenters. The fourth-order valence-corrected chi connectivity index (χ4v) is 3.79. The third kappa shape index (κ3) is 3.50. The molecular weight excluding hydrogens is 236 g/mol. The van der Waals surface area contributed by atoms with Crippen molar-refractivity contribution < 1.29 is 4.74 Å². The van der Waals surface area contributed by atoms with Crippen molar-refractivity contribution in [1.29, 1.82) is 0 Å². The van der Waals surface area contributed by atoms with E-state index >= 15 is 0 Å². The highest BCUT2D eigenvalue weighted by Crippen LogP contribution is 2.39. The van der Waals surface area contributed by atoms with E-state index < -0.39 is 0 Å². The zero-order chi connectivity index (χ0) is 13.3. The third-order valence-corrected chi connectivity index (χ3v) is 5.28. The molecule has 0 spiro atoms. The molecule has 0 aromatic carbocycles. The van der Waals surface area contributed by atoms with Gasteiger partial charge in [0.25, 0.3) is 0 Å². The van der Waals surface area contributed by atoms with Gasteiger partial charge in [-0.3, -0.25) is 4.90 Å². The fraction of sp³-hybridized carbons (Fsp3) is 1.00. The number of morpholine rings is 1. The van der Waals surface area contributed by atoms with Crippen LogP contribution in [0.5, 0.6) is 0 Å². The van der Waals surface area contributed by atoms with Crippen LogP contribution in [0.1, 0.15) is 52.4 Å². The molecule has 1 saturated heterocycles. The summed E-state index contributed by atoms with van der Waals surface area (Å²) in [6.07, 6.45) is 8.92. The lowest BCUT2D eigenvalue weighted by atomic mass is 9.84. The maximum Gasteiger partial charge on any atom is 0.0674 e. The highest BCUT2D eigenvalue weighted by Gasteiger charge is 2.39. The molecule has 19 heavy (non-hydrogen) atoms. The van der Waals surface area contributed by atoms with E-state index in [2.05, 4.69) is 24.1 Å². The summed E-state index contributed by atoms with van der Waals surface area (Å²) in [7, 11) is 0. The van der Waals surface area contributed by atoms with Gasteiger partial charge in [-0.15, -0.1) is 0 Å². The van der Waals surface area contributed by atoms with E-state index in [9.17, 15) is 0 Å². The minimum Gasteiger partial charge on any atom is -0.376 e. The smallest absolute Gasteiger partial charge is 0.0674 e. The van der Waals surface area contributed by atoms with Crippen LogP contribution in [-0.2, 0) is 4.74 Å². The van der Waals surface area contributed by atoms with Crippen LogP contribution < -0.4 is 5.32 Å². The number of hydrogen-bond donors (Lipinski definition) is 1. The molecule has 1 aliphatic heterocycles. The lowest BCUT2D eigenvalue weighted by Gasteiger charge is -2.42. The van der Waals surface area contributed by atoms with Gasteiger partial charge in [0.15, 0.2) is 0 Å². The largest absolute Gasteiger partial charge is 0.376 e. The van der Waals surface area contributed by atoms with Crippen molar-refractivity contribution in [3.63, 3.8) is 0 Å². The lowest BCUT2D eigenvalue weighted by molar-refractivity contribution is -0.0626. The van der Waals surface area contributed by atoms with Crippen molar-refractivity contribution in [2.24, 2.45) is 5.41 Å². The Bertz CT molecular complexity index is 297. The Morgan fingerprint density at radius 1 is 1.21 bits per heavy atom. The van der Waals surface area contributed by atoms with Gasteiger partial charge < -0.3 is 10.1 Å². The summed E-state index contributed by atoms with van der Waals surface area (Å²) in [5.41, 5.74) is 0.550. The second kappa shape index (κ2) is 5.71. The van der Waals surface area contributed by atoms with E-state index in [0.29, 0.717) is 17.6 Å². The highest BCUT2D eigenvalue weighted by atomic mass is 16.5. The number of ether oxygens (including phenoxy) is 1. The first-order chi connectivity index (χ1) is 9.17. The van der Waals surface area contributed by atoms with E-state index in [-0.39, 0.29) is 0 Å². The van der Waals surface area contributed by atoms with Gasteiger partial charge in [0.05, 0.1) is 12.7 Å². The van der Waals surface area contributed by atoms with Gasteiger partial charge in [0.2, 0.25) is 0 Å². The minimum absolute atomic E-state index is 0.408. The molecule has 0 aromatic heterocycles. The molecule has 2 aliphatic carbocycles. The van der Waals surface area contributed by atoms with Crippen LogP contribution in [0.2, 0.25) is 0 Å². The van der Waals surface area contributed by atoms with Crippen molar-refractivity contribution in [2.75, 3.05) is 26.2 Å². The van der Waals surface area contributed by atoms with E-state index in [1.165, 1.54) is 51.6 Å².